The third kappa shape index (κ3) is 5.16. The van der Waals surface area contributed by atoms with Gasteiger partial charge in [-0.25, -0.2) is 9.78 Å². The summed E-state index contributed by atoms with van der Waals surface area (Å²) in [5.41, 5.74) is 2.11. The number of rotatable bonds is 6. The van der Waals surface area contributed by atoms with Crippen LogP contribution in [0.2, 0.25) is 0 Å². The Kier molecular flexibility index (Phi) is 6.83. The maximum Gasteiger partial charge on any atom is 0.321 e. The number of piperazine rings is 1. The van der Waals surface area contributed by atoms with Crippen molar-refractivity contribution in [2.75, 3.05) is 45.7 Å². The topological polar surface area (TPSA) is 101 Å². The zero-order valence-corrected chi connectivity index (χ0v) is 20.8. The maximum atomic E-state index is 12.7. The van der Waals surface area contributed by atoms with Crippen molar-refractivity contribution in [3.63, 3.8) is 0 Å². The Morgan fingerprint density at radius 2 is 1.61 bits per heavy atom. The van der Waals surface area contributed by atoms with Crippen molar-refractivity contribution >= 4 is 28.0 Å². The van der Waals surface area contributed by atoms with Gasteiger partial charge < -0.3 is 19.7 Å². The van der Waals surface area contributed by atoms with E-state index in [1.165, 1.54) is 21.9 Å². The van der Waals surface area contributed by atoms with E-state index < -0.39 is 0 Å². The summed E-state index contributed by atoms with van der Waals surface area (Å²) in [7, 11) is 3.23. The van der Waals surface area contributed by atoms with Crippen molar-refractivity contribution in [3.8, 4) is 22.1 Å². The van der Waals surface area contributed by atoms with Crippen molar-refractivity contribution in [3.05, 3.63) is 70.6 Å². The van der Waals surface area contributed by atoms with E-state index in [1.807, 2.05) is 48.5 Å². The molecule has 36 heavy (non-hydrogen) atoms. The van der Waals surface area contributed by atoms with E-state index in [0.717, 1.165) is 27.8 Å². The van der Waals surface area contributed by atoms with Crippen LogP contribution in [0.5, 0.6) is 11.5 Å². The van der Waals surface area contributed by atoms with Crippen LogP contribution in [-0.2, 0) is 6.54 Å². The van der Waals surface area contributed by atoms with Crippen molar-refractivity contribution in [1.29, 1.82) is 0 Å². The lowest BCUT2D eigenvalue weighted by Crippen LogP contribution is -2.49. The molecular weight excluding hydrogens is 480 g/mol. The summed E-state index contributed by atoms with van der Waals surface area (Å²) in [5.74, 6) is 1.50. The number of fused-ring (bicyclic) bond motifs is 1. The third-order valence-electron chi connectivity index (χ3n) is 6.02. The quantitative estimate of drug-likeness (QED) is 0.429. The van der Waals surface area contributed by atoms with Crippen LogP contribution in [0.3, 0.4) is 0 Å². The van der Waals surface area contributed by atoms with Crippen molar-refractivity contribution < 1.29 is 14.3 Å². The molecule has 11 heteroatoms. The highest BCUT2D eigenvalue weighted by Crippen LogP contribution is 2.26. The summed E-state index contributed by atoms with van der Waals surface area (Å²) in [6, 6.07) is 16.2. The minimum absolute atomic E-state index is 0.131. The van der Waals surface area contributed by atoms with Crippen molar-refractivity contribution in [1.82, 2.24) is 24.4 Å². The number of hydrogen-bond donors (Lipinski definition) is 1. The van der Waals surface area contributed by atoms with Gasteiger partial charge in [-0.3, -0.25) is 9.69 Å². The molecule has 0 spiro atoms. The number of amides is 2. The molecule has 4 aromatic rings. The van der Waals surface area contributed by atoms with Gasteiger partial charge in [0, 0.05) is 50.0 Å². The first kappa shape index (κ1) is 23.8. The molecule has 2 aromatic heterocycles. The Morgan fingerprint density at radius 3 is 2.25 bits per heavy atom. The van der Waals surface area contributed by atoms with Crippen LogP contribution in [0.1, 0.15) is 5.69 Å². The van der Waals surface area contributed by atoms with Crippen LogP contribution in [0.4, 0.5) is 10.5 Å². The lowest BCUT2D eigenvalue weighted by molar-refractivity contribution is 0.142. The van der Waals surface area contributed by atoms with Crippen LogP contribution in [0.25, 0.3) is 15.5 Å². The second-order valence-corrected chi connectivity index (χ2v) is 9.29. The summed E-state index contributed by atoms with van der Waals surface area (Å²) >= 11 is 1.37. The predicted octanol–water partition coefficient (Wildman–Crippen LogP) is 3.18. The lowest BCUT2D eigenvalue weighted by atomic mass is 10.2. The molecule has 0 bridgehead atoms. The average Bonchev–Trinajstić information content (AvgIpc) is 3.34. The average molecular weight is 507 g/mol. The Balaban J connectivity index is 1.21. The molecule has 186 valence electrons. The van der Waals surface area contributed by atoms with E-state index in [-0.39, 0.29) is 11.6 Å². The second kappa shape index (κ2) is 10.3. The van der Waals surface area contributed by atoms with Gasteiger partial charge in [-0.1, -0.05) is 11.3 Å². The zero-order valence-electron chi connectivity index (χ0n) is 20.0. The number of carbonyl (C=O) groups is 1. The van der Waals surface area contributed by atoms with Crippen LogP contribution < -0.4 is 20.3 Å². The fourth-order valence-electron chi connectivity index (χ4n) is 4.00. The highest BCUT2D eigenvalue weighted by atomic mass is 32.1. The van der Waals surface area contributed by atoms with E-state index in [2.05, 4.69) is 20.3 Å². The lowest BCUT2D eigenvalue weighted by Gasteiger charge is -2.34. The summed E-state index contributed by atoms with van der Waals surface area (Å²) < 4.78 is 11.7. The Bertz CT molecular complexity index is 1410. The van der Waals surface area contributed by atoms with Crippen LogP contribution in [0, 0.1) is 0 Å². The number of methoxy groups -OCH3 is 2. The number of anilines is 1. The van der Waals surface area contributed by atoms with E-state index >= 15 is 0 Å². The van der Waals surface area contributed by atoms with Gasteiger partial charge in [-0.2, -0.15) is 9.61 Å². The maximum absolute atomic E-state index is 12.7. The molecule has 1 aliphatic rings. The smallest absolute Gasteiger partial charge is 0.321 e. The van der Waals surface area contributed by atoms with E-state index in [9.17, 15) is 9.59 Å². The molecule has 10 nitrogen and oxygen atoms in total. The standard InChI is InChI=1S/C25H26N6O4S/c1-34-20-7-3-17(4-8-20)23-28-31-22(32)15-19(27-25(31)36-23)16-29-11-13-30(14-12-29)24(33)26-18-5-9-21(35-2)10-6-18/h3-10,15H,11-14,16H2,1-2H3,(H,26,33). The number of ether oxygens (including phenoxy) is 2. The fraction of sp³-hybridized carbons (Fsp3) is 0.280. The van der Waals surface area contributed by atoms with Gasteiger partial charge in [-0.15, -0.1) is 0 Å². The van der Waals surface area contributed by atoms with Gasteiger partial charge in [0.15, 0.2) is 0 Å². The first-order valence-electron chi connectivity index (χ1n) is 11.5. The first-order chi connectivity index (χ1) is 17.5. The van der Waals surface area contributed by atoms with Crippen LogP contribution >= 0.6 is 11.3 Å². The molecule has 1 N–H and O–H groups in total. The molecule has 0 saturated carbocycles. The largest absolute Gasteiger partial charge is 0.497 e. The highest BCUT2D eigenvalue weighted by molar-refractivity contribution is 7.19. The molecular formula is C25H26N6O4S. The normalized spacial score (nSPS) is 14.1. The molecule has 0 atom stereocenters. The number of nitrogens with one attached hydrogen (secondary N) is 1. The number of nitrogens with zero attached hydrogens (tertiary/aromatic N) is 5. The second-order valence-electron chi connectivity index (χ2n) is 8.34. The van der Waals surface area contributed by atoms with Gasteiger partial charge in [0.1, 0.15) is 16.5 Å². The Hall–Kier alpha value is -3.96. The van der Waals surface area contributed by atoms with E-state index in [0.29, 0.717) is 43.4 Å². The Labute approximate surface area is 211 Å². The summed E-state index contributed by atoms with van der Waals surface area (Å²) in [6.45, 7) is 3.10. The third-order valence-corrected chi connectivity index (χ3v) is 6.98. The predicted molar refractivity (Wildman–Crippen MR) is 138 cm³/mol. The van der Waals surface area contributed by atoms with E-state index in [4.69, 9.17) is 9.47 Å². The van der Waals surface area contributed by atoms with Gasteiger partial charge in [-0.05, 0) is 48.5 Å². The molecule has 2 aromatic carbocycles. The summed E-state index contributed by atoms with van der Waals surface area (Å²) in [4.78, 5) is 34.6. The minimum Gasteiger partial charge on any atom is -0.497 e. The number of benzene rings is 2. The van der Waals surface area contributed by atoms with Gasteiger partial charge in [0.05, 0.1) is 19.9 Å². The molecule has 3 heterocycles. The molecule has 0 aliphatic carbocycles. The molecule has 0 radical (unpaired) electrons. The minimum atomic E-state index is -0.205. The fourth-order valence-corrected chi connectivity index (χ4v) is 4.93. The van der Waals surface area contributed by atoms with Crippen LogP contribution in [-0.4, -0.2) is 70.8 Å². The monoisotopic (exact) mass is 506 g/mol. The van der Waals surface area contributed by atoms with Crippen molar-refractivity contribution in [2.24, 2.45) is 0 Å². The molecule has 0 unspecified atom stereocenters. The molecule has 1 saturated heterocycles. The number of aromatic nitrogens is 3. The first-order valence-corrected chi connectivity index (χ1v) is 12.3. The summed E-state index contributed by atoms with van der Waals surface area (Å²) in [6.07, 6.45) is 0. The van der Waals surface area contributed by atoms with Crippen LogP contribution in [0.15, 0.2) is 59.4 Å². The Morgan fingerprint density at radius 1 is 0.972 bits per heavy atom. The van der Waals surface area contributed by atoms with Gasteiger partial charge in [0.25, 0.3) is 5.56 Å². The summed E-state index contributed by atoms with van der Waals surface area (Å²) in [5, 5.41) is 8.09. The number of hydrogen-bond acceptors (Lipinski definition) is 8. The highest BCUT2D eigenvalue weighted by Gasteiger charge is 2.22. The SMILES string of the molecule is COc1ccc(NC(=O)N2CCN(Cc3cc(=O)n4nc(-c5ccc(OC)cc5)sc4n3)CC2)cc1. The van der Waals surface area contributed by atoms with E-state index in [1.54, 1.807) is 19.1 Å². The van der Waals surface area contributed by atoms with Gasteiger partial charge >= 0.3 is 6.03 Å². The van der Waals surface area contributed by atoms with Gasteiger partial charge in [0.2, 0.25) is 4.96 Å². The number of urea groups is 1. The molecule has 5 rings (SSSR count). The molecule has 1 aliphatic heterocycles. The zero-order chi connectivity index (χ0) is 25.1. The molecule has 2 amide bonds. The molecule has 1 fully saturated rings. The van der Waals surface area contributed by atoms with Crippen molar-refractivity contribution in [2.45, 2.75) is 6.54 Å². The number of carbonyl (C=O) groups excluding carboxylic acids is 1.